The SMILES string of the molecule is Cc1cc(C(=O)NC2CCS(=O)(=O)C2)nn1C1CCS(=O)(=O)C1. The number of rotatable bonds is 3. The number of aromatic nitrogens is 2. The van der Waals surface area contributed by atoms with Crippen molar-refractivity contribution in [2.75, 3.05) is 23.0 Å². The first-order valence-electron chi connectivity index (χ1n) is 7.43. The van der Waals surface area contributed by atoms with Gasteiger partial charge in [-0.1, -0.05) is 0 Å². The molecule has 1 N–H and O–H groups in total. The van der Waals surface area contributed by atoms with E-state index in [-0.39, 0.29) is 40.8 Å². The zero-order valence-corrected chi connectivity index (χ0v) is 14.4. The summed E-state index contributed by atoms with van der Waals surface area (Å²) in [5.41, 5.74) is 0.910. The van der Waals surface area contributed by atoms with Crippen LogP contribution >= 0.6 is 0 Å². The minimum absolute atomic E-state index is 0.0391. The van der Waals surface area contributed by atoms with Crippen molar-refractivity contribution in [1.29, 1.82) is 0 Å². The molecule has 10 heteroatoms. The van der Waals surface area contributed by atoms with Crippen LogP contribution in [0, 0.1) is 6.92 Å². The number of carbonyl (C=O) groups is 1. The lowest BCUT2D eigenvalue weighted by Gasteiger charge is -2.11. The van der Waals surface area contributed by atoms with Gasteiger partial charge in [-0.3, -0.25) is 9.48 Å². The molecule has 128 valence electrons. The van der Waals surface area contributed by atoms with Crippen molar-refractivity contribution in [1.82, 2.24) is 15.1 Å². The maximum Gasteiger partial charge on any atom is 0.272 e. The van der Waals surface area contributed by atoms with Crippen LogP contribution in [-0.4, -0.2) is 61.6 Å². The fourth-order valence-electron chi connectivity index (χ4n) is 3.10. The highest BCUT2D eigenvalue weighted by atomic mass is 32.2. The van der Waals surface area contributed by atoms with Crippen molar-refractivity contribution in [3.05, 3.63) is 17.5 Å². The smallest absolute Gasteiger partial charge is 0.272 e. The zero-order valence-electron chi connectivity index (χ0n) is 12.7. The normalized spacial score (nSPS) is 28.7. The Hall–Kier alpha value is -1.42. The molecule has 2 aliphatic heterocycles. The van der Waals surface area contributed by atoms with Crippen LogP contribution in [0.15, 0.2) is 6.07 Å². The molecule has 2 fully saturated rings. The third-order valence-corrected chi connectivity index (χ3v) is 7.80. The van der Waals surface area contributed by atoms with E-state index in [1.165, 1.54) is 0 Å². The van der Waals surface area contributed by atoms with E-state index < -0.39 is 25.6 Å². The topological polar surface area (TPSA) is 115 Å². The van der Waals surface area contributed by atoms with Gasteiger partial charge in [0.05, 0.1) is 29.1 Å². The summed E-state index contributed by atoms with van der Waals surface area (Å²) < 4.78 is 47.6. The van der Waals surface area contributed by atoms with Crippen LogP contribution in [0.5, 0.6) is 0 Å². The standard InChI is InChI=1S/C13H19N3O5S2/c1-9-6-12(13(17)14-10-2-4-22(18,19)7-10)15-16(9)11-3-5-23(20,21)8-11/h6,10-11H,2-5,7-8H2,1H3,(H,14,17). The first kappa shape index (κ1) is 16.4. The van der Waals surface area contributed by atoms with E-state index in [9.17, 15) is 21.6 Å². The van der Waals surface area contributed by atoms with Gasteiger partial charge in [-0.2, -0.15) is 5.10 Å². The largest absolute Gasteiger partial charge is 0.347 e. The van der Waals surface area contributed by atoms with Crippen molar-refractivity contribution in [2.45, 2.75) is 31.8 Å². The van der Waals surface area contributed by atoms with Crippen molar-refractivity contribution in [2.24, 2.45) is 0 Å². The third kappa shape index (κ3) is 3.57. The van der Waals surface area contributed by atoms with Gasteiger partial charge in [-0.15, -0.1) is 0 Å². The van der Waals surface area contributed by atoms with Gasteiger partial charge >= 0.3 is 0 Å². The summed E-state index contributed by atoms with van der Waals surface area (Å²) in [7, 11) is -6.09. The molecule has 1 aromatic heterocycles. The monoisotopic (exact) mass is 361 g/mol. The van der Waals surface area contributed by atoms with Crippen molar-refractivity contribution < 1.29 is 21.6 Å². The zero-order chi connectivity index (χ0) is 16.8. The number of aryl methyl sites for hydroxylation is 1. The highest BCUT2D eigenvalue weighted by molar-refractivity contribution is 7.91. The van der Waals surface area contributed by atoms with Crippen LogP contribution in [0.4, 0.5) is 0 Å². The Morgan fingerprint density at radius 2 is 1.83 bits per heavy atom. The molecule has 2 aliphatic rings. The Morgan fingerprint density at radius 1 is 1.17 bits per heavy atom. The van der Waals surface area contributed by atoms with Crippen molar-refractivity contribution in [3.8, 4) is 0 Å². The Labute approximate surface area is 135 Å². The fourth-order valence-corrected chi connectivity index (χ4v) is 6.47. The van der Waals surface area contributed by atoms with E-state index in [0.717, 1.165) is 5.69 Å². The summed E-state index contributed by atoms with van der Waals surface area (Å²) in [4.78, 5) is 12.2. The molecule has 0 aliphatic carbocycles. The molecule has 0 bridgehead atoms. The lowest BCUT2D eigenvalue weighted by atomic mass is 10.2. The predicted octanol–water partition coefficient (Wildman–Crippen LogP) is -0.532. The number of hydrogen-bond acceptors (Lipinski definition) is 6. The van der Waals surface area contributed by atoms with E-state index >= 15 is 0 Å². The molecule has 1 amide bonds. The van der Waals surface area contributed by atoms with E-state index in [4.69, 9.17) is 0 Å². The van der Waals surface area contributed by atoms with Crippen LogP contribution in [0.3, 0.4) is 0 Å². The maximum absolute atomic E-state index is 12.2. The summed E-state index contributed by atoms with van der Waals surface area (Å²) in [5.74, 6) is -0.199. The van der Waals surface area contributed by atoms with Gasteiger partial charge in [0, 0.05) is 11.7 Å². The van der Waals surface area contributed by atoms with Gasteiger partial charge < -0.3 is 5.32 Å². The molecule has 2 unspecified atom stereocenters. The van der Waals surface area contributed by atoms with E-state index in [1.807, 2.05) is 0 Å². The lowest BCUT2D eigenvalue weighted by Crippen LogP contribution is -2.35. The molecular formula is C13H19N3O5S2. The molecule has 0 aromatic carbocycles. The number of amides is 1. The summed E-state index contributed by atoms with van der Waals surface area (Å²) in [6.45, 7) is 1.77. The first-order valence-corrected chi connectivity index (χ1v) is 11.1. The molecule has 3 heterocycles. The summed E-state index contributed by atoms with van der Waals surface area (Å²) in [5, 5.41) is 6.91. The van der Waals surface area contributed by atoms with Crippen LogP contribution in [0.1, 0.15) is 35.1 Å². The second kappa shape index (κ2) is 5.59. The Balaban J connectivity index is 1.72. The van der Waals surface area contributed by atoms with Gasteiger partial charge in [-0.25, -0.2) is 16.8 Å². The quantitative estimate of drug-likeness (QED) is 0.774. The molecule has 23 heavy (non-hydrogen) atoms. The molecular weight excluding hydrogens is 342 g/mol. The van der Waals surface area contributed by atoms with Gasteiger partial charge in [0.25, 0.3) is 5.91 Å². The number of sulfone groups is 2. The minimum Gasteiger partial charge on any atom is -0.347 e. The van der Waals surface area contributed by atoms with Crippen LogP contribution in [-0.2, 0) is 19.7 Å². The summed E-state index contributed by atoms with van der Waals surface area (Å²) in [6, 6.07) is 0.974. The van der Waals surface area contributed by atoms with E-state index in [1.54, 1.807) is 17.7 Å². The average molecular weight is 361 g/mol. The fraction of sp³-hybridized carbons (Fsp3) is 0.692. The van der Waals surface area contributed by atoms with Gasteiger partial charge in [0.1, 0.15) is 5.69 Å². The Kier molecular flexibility index (Phi) is 3.99. The summed E-state index contributed by atoms with van der Waals surface area (Å²) in [6.07, 6.45) is 0.904. The molecule has 0 radical (unpaired) electrons. The number of nitrogens with zero attached hydrogens (tertiary/aromatic N) is 2. The van der Waals surface area contributed by atoms with Crippen LogP contribution in [0.2, 0.25) is 0 Å². The number of hydrogen-bond donors (Lipinski definition) is 1. The number of nitrogens with one attached hydrogen (secondary N) is 1. The summed E-state index contributed by atoms with van der Waals surface area (Å²) >= 11 is 0. The molecule has 8 nitrogen and oxygen atoms in total. The minimum atomic E-state index is -3.06. The average Bonchev–Trinajstić information content (AvgIpc) is 3.07. The van der Waals surface area contributed by atoms with Gasteiger partial charge in [-0.05, 0) is 25.8 Å². The molecule has 1 aromatic rings. The molecule has 3 rings (SSSR count). The predicted molar refractivity (Wildman–Crippen MR) is 83.8 cm³/mol. The highest BCUT2D eigenvalue weighted by Crippen LogP contribution is 2.24. The van der Waals surface area contributed by atoms with E-state index in [2.05, 4.69) is 10.4 Å². The Bertz CT molecular complexity index is 841. The van der Waals surface area contributed by atoms with Crippen LogP contribution in [0.25, 0.3) is 0 Å². The van der Waals surface area contributed by atoms with Gasteiger partial charge in [0.2, 0.25) is 0 Å². The van der Waals surface area contributed by atoms with Crippen molar-refractivity contribution >= 4 is 25.6 Å². The molecule has 0 spiro atoms. The first-order chi connectivity index (χ1) is 10.7. The third-order valence-electron chi connectivity index (χ3n) is 4.28. The van der Waals surface area contributed by atoms with E-state index in [0.29, 0.717) is 12.8 Å². The second-order valence-electron chi connectivity index (χ2n) is 6.25. The second-order valence-corrected chi connectivity index (χ2v) is 10.7. The number of carbonyl (C=O) groups excluding carboxylic acids is 1. The Morgan fingerprint density at radius 3 is 2.39 bits per heavy atom. The highest BCUT2D eigenvalue weighted by Gasteiger charge is 2.32. The molecule has 2 atom stereocenters. The van der Waals surface area contributed by atoms with Gasteiger partial charge in [0.15, 0.2) is 19.7 Å². The van der Waals surface area contributed by atoms with Crippen molar-refractivity contribution in [3.63, 3.8) is 0 Å². The lowest BCUT2D eigenvalue weighted by molar-refractivity contribution is 0.0935. The van der Waals surface area contributed by atoms with Crippen LogP contribution < -0.4 is 5.32 Å². The molecule has 0 saturated carbocycles. The molecule has 2 saturated heterocycles. The maximum atomic E-state index is 12.2.